The average molecular weight is 322 g/mol. The van der Waals surface area contributed by atoms with Crippen molar-refractivity contribution >= 4 is 0 Å². The van der Waals surface area contributed by atoms with Crippen molar-refractivity contribution in [2.45, 2.75) is 45.8 Å². The highest BCUT2D eigenvalue weighted by molar-refractivity contribution is 5.64. The zero-order valence-electron chi connectivity index (χ0n) is 14.8. The summed E-state index contributed by atoms with van der Waals surface area (Å²) in [7, 11) is 0. The predicted molar refractivity (Wildman–Crippen MR) is 97.3 cm³/mol. The molecule has 1 aromatic heterocycles. The molecule has 0 spiro atoms. The number of rotatable bonds is 3. The van der Waals surface area contributed by atoms with Crippen LogP contribution in [0.25, 0.3) is 11.1 Å². The molecule has 3 aliphatic heterocycles. The second-order valence-electron chi connectivity index (χ2n) is 7.46. The lowest BCUT2D eigenvalue weighted by Gasteiger charge is -2.49. The van der Waals surface area contributed by atoms with Crippen molar-refractivity contribution in [2.75, 3.05) is 13.1 Å². The molecule has 3 saturated heterocycles. The number of pyridine rings is 1. The molecule has 0 saturated carbocycles. The maximum Gasteiger partial charge on any atom is 0.213 e. The van der Waals surface area contributed by atoms with E-state index in [0.29, 0.717) is 12.0 Å². The summed E-state index contributed by atoms with van der Waals surface area (Å²) in [6, 6.07) is 11.3. The lowest BCUT2D eigenvalue weighted by atomic mass is 9.81. The highest BCUT2D eigenvalue weighted by Crippen LogP contribution is 2.34. The molecule has 0 aliphatic carbocycles. The van der Waals surface area contributed by atoms with Gasteiger partial charge in [0.05, 0.1) is 0 Å². The van der Waals surface area contributed by atoms with Gasteiger partial charge in [-0.2, -0.15) is 0 Å². The molecule has 3 nitrogen and oxygen atoms in total. The highest BCUT2D eigenvalue weighted by atomic mass is 16.5. The van der Waals surface area contributed by atoms with Crippen molar-refractivity contribution in [2.24, 2.45) is 5.92 Å². The Morgan fingerprint density at radius 1 is 1.00 bits per heavy atom. The van der Waals surface area contributed by atoms with Crippen molar-refractivity contribution in [1.82, 2.24) is 9.88 Å². The quantitative estimate of drug-likeness (QED) is 0.846. The minimum absolute atomic E-state index is 0.284. The van der Waals surface area contributed by atoms with E-state index in [9.17, 15) is 0 Å². The van der Waals surface area contributed by atoms with E-state index >= 15 is 0 Å². The maximum absolute atomic E-state index is 6.29. The molecule has 3 fully saturated rings. The molecule has 5 rings (SSSR count). The normalized spacial score (nSPS) is 28.8. The zero-order valence-corrected chi connectivity index (χ0v) is 14.8. The number of ether oxygens (including phenoxy) is 1. The highest BCUT2D eigenvalue weighted by Gasteiger charge is 2.41. The number of benzene rings is 1. The first-order valence-electron chi connectivity index (χ1n) is 9.05. The Balaban J connectivity index is 1.52. The van der Waals surface area contributed by atoms with Crippen molar-refractivity contribution in [1.29, 1.82) is 0 Å². The first-order valence-corrected chi connectivity index (χ1v) is 9.05. The van der Waals surface area contributed by atoms with Crippen molar-refractivity contribution < 1.29 is 4.74 Å². The van der Waals surface area contributed by atoms with E-state index in [0.717, 1.165) is 11.4 Å². The van der Waals surface area contributed by atoms with Gasteiger partial charge in [0.25, 0.3) is 0 Å². The fourth-order valence-corrected chi connectivity index (χ4v) is 4.35. The van der Waals surface area contributed by atoms with Crippen LogP contribution < -0.4 is 4.74 Å². The number of hydrogen-bond donors (Lipinski definition) is 0. The average Bonchev–Trinajstić information content (AvgIpc) is 2.58. The van der Waals surface area contributed by atoms with Gasteiger partial charge in [0.15, 0.2) is 0 Å². The zero-order chi connectivity index (χ0) is 16.7. The summed E-state index contributed by atoms with van der Waals surface area (Å²) in [5.41, 5.74) is 4.94. The molecule has 4 heterocycles. The first-order chi connectivity index (χ1) is 11.6. The van der Waals surface area contributed by atoms with E-state index < -0.39 is 0 Å². The van der Waals surface area contributed by atoms with Crippen LogP contribution in [0.5, 0.6) is 5.88 Å². The molecular formula is C21H26N2O. The predicted octanol–water partition coefficient (Wildman–Crippen LogP) is 4.23. The second kappa shape index (κ2) is 6.21. The van der Waals surface area contributed by atoms with Crippen LogP contribution in [-0.4, -0.2) is 35.1 Å². The number of fused-ring (bicyclic) bond motifs is 3. The molecule has 2 bridgehead atoms. The number of piperidine rings is 3. The molecule has 3 aliphatic rings. The summed E-state index contributed by atoms with van der Waals surface area (Å²) in [5, 5.41) is 0. The van der Waals surface area contributed by atoms with Crippen molar-refractivity contribution in [3.05, 3.63) is 47.7 Å². The summed E-state index contributed by atoms with van der Waals surface area (Å²) in [4.78, 5) is 7.14. The molecule has 1 aromatic carbocycles. The Morgan fingerprint density at radius 2 is 1.71 bits per heavy atom. The van der Waals surface area contributed by atoms with E-state index in [1.165, 1.54) is 42.6 Å². The Hall–Kier alpha value is -1.87. The van der Waals surface area contributed by atoms with Gasteiger partial charge in [-0.25, -0.2) is 4.98 Å². The molecule has 3 heteroatoms. The minimum atomic E-state index is 0.284. The van der Waals surface area contributed by atoms with Gasteiger partial charge in [-0.1, -0.05) is 29.3 Å². The van der Waals surface area contributed by atoms with Crippen molar-refractivity contribution in [3.63, 3.8) is 0 Å². The van der Waals surface area contributed by atoms with E-state index in [4.69, 9.17) is 4.74 Å². The molecule has 0 unspecified atom stereocenters. The largest absolute Gasteiger partial charge is 0.472 e. The Labute approximate surface area is 144 Å². The number of aryl methyl sites for hydroxylation is 2. The number of aromatic nitrogens is 1. The Kier molecular flexibility index (Phi) is 4.05. The summed E-state index contributed by atoms with van der Waals surface area (Å²) < 4.78 is 6.29. The lowest BCUT2D eigenvalue weighted by Crippen LogP contribution is -2.58. The van der Waals surface area contributed by atoms with Gasteiger partial charge in [0, 0.05) is 23.9 Å². The molecule has 2 atom stereocenters. The monoisotopic (exact) mass is 322 g/mol. The summed E-state index contributed by atoms with van der Waals surface area (Å²) >= 11 is 0. The van der Waals surface area contributed by atoms with Gasteiger partial charge in [-0.05, 0) is 64.3 Å². The van der Waals surface area contributed by atoms with Gasteiger partial charge in [-0.3, -0.25) is 4.90 Å². The smallest absolute Gasteiger partial charge is 0.213 e. The third-order valence-electron chi connectivity index (χ3n) is 5.64. The molecule has 126 valence electrons. The SMILES string of the molecule is Cc1cc(C)cc(-c2ccc(O[C@@H]3C4CCN(CC4)[C@H]3C)nc2)c1. The Bertz CT molecular complexity index is 695. The van der Waals surface area contributed by atoms with Crippen LogP contribution in [0.2, 0.25) is 0 Å². The van der Waals surface area contributed by atoms with Crippen LogP contribution in [0.3, 0.4) is 0 Å². The van der Waals surface area contributed by atoms with E-state index in [2.05, 4.69) is 54.9 Å². The summed E-state index contributed by atoms with van der Waals surface area (Å²) in [6.07, 6.45) is 4.74. The maximum atomic E-state index is 6.29. The van der Waals surface area contributed by atoms with Gasteiger partial charge >= 0.3 is 0 Å². The lowest BCUT2D eigenvalue weighted by molar-refractivity contribution is -0.0525. The summed E-state index contributed by atoms with van der Waals surface area (Å²) in [5.74, 6) is 1.44. The summed E-state index contributed by atoms with van der Waals surface area (Å²) in [6.45, 7) is 9.02. The van der Waals surface area contributed by atoms with Gasteiger partial charge in [-0.15, -0.1) is 0 Å². The van der Waals surface area contributed by atoms with Crippen molar-refractivity contribution in [3.8, 4) is 17.0 Å². The molecular weight excluding hydrogens is 296 g/mol. The van der Waals surface area contributed by atoms with Crippen LogP contribution >= 0.6 is 0 Å². The molecule has 0 amide bonds. The molecule has 0 N–H and O–H groups in total. The van der Waals surface area contributed by atoms with E-state index in [1.807, 2.05) is 12.3 Å². The van der Waals surface area contributed by atoms with Crippen LogP contribution in [0.4, 0.5) is 0 Å². The van der Waals surface area contributed by atoms with Crippen LogP contribution in [0.1, 0.15) is 30.9 Å². The van der Waals surface area contributed by atoms with Crippen LogP contribution in [0, 0.1) is 19.8 Å². The standard InChI is InChI=1S/C21H26N2O/c1-14-10-15(2)12-19(11-14)18-4-5-20(22-13-18)24-21-16(3)23-8-6-17(21)7-9-23/h4-5,10-13,16-17,21H,6-9H2,1-3H3/t16-,21-/m0/s1. The van der Waals surface area contributed by atoms with Crippen LogP contribution in [0.15, 0.2) is 36.5 Å². The molecule has 24 heavy (non-hydrogen) atoms. The third-order valence-corrected chi connectivity index (χ3v) is 5.64. The van der Waals surface area contributed by atoms with Gasteiger partial charge < -0.3 is 4.74 Å². The van der Waals surface area contributed by atoms with E-state index in [-0.39, 0.29) is 6.10 Å². The van der Waals surface area contributed by atoms with Gasteiger partial charge in [0.1, 0.15) is 6.10 Å². The third kappa shape index (κ3) is 2.93. The number of hydrogen-bond acceptors (Lipinski definition) is 3. The van der Waals surface area contributed by atoms with Gasteiger partial charge in [0.2, 0.25) is 5.88 Å². The molecule has 0 radical (unpaired) electrons. The fraction of sp³-hybridized carbons (Fsp3) is 0.476. The van der Waals surface area contributed by atoms with E-state index in [1.54, 1.807) is 0 Å². The fourth-order valence-electron chi connectivity index (χ4n) is 4.35. The number of nitrogens with zero attached hydrogens (tertiary/aromatic N) is 2. The second-order valence-corrected chi connectivity index (χ2v) is 7.46. The first kappa shape index (κ1) is 15.6. The van der Waals surface area contributed by atoms with Crippen LogP contribution in [-0.2, 0) is 0 Å². The molecule has 2 aromatic rings. The minimum Gasteiger partial charge on any atom is -0.472 e. The topological polar surface area (TPSA) is 25.4 Å². The Morgan fingerprint density at radius 3 is 2.29 bits per heavy atom.